The van der Waals surface area contributed by atoms with Crippen molar-refractivity contribution in [2.24, 2.45) is 0 Å². The molecule has 0 aromatic heterocycles. The number of likely N-dealkylation sites (tertiary alicyclic amines) is 1. The van der Waals surface area contributed by atoms with Crippen LogP contribution in [0.3, 0.4) is 0 Å². The van der Waals surface area contributed by atoms with Gasteiger partial charge in [0.15, 0.2) is 0 Å². The van der Waals surface area contributed by atoms with Crippen molar-refractivity contribution >= 4 is 17.6 Å². The lowest BCUT2D eigenvalue weighted by atomic mass is 10.1. The summed E-state index contributed by atoms with van der Waals surface area (Å²) in [5.41, 5.74) is 0.838. The van der Waals surface area contributed by atoms with E-state index in [1.165, 1.54) is 6.42 Å². The summed E-state index contributed by atoms with van der Waals surface area (Å²) in [6, 6.07) is 7.24. The largest absolute Gasteiger partial charge is 0.497 e. The summed E-state index contributed by atoms with van der Waals surface area (Å²) in [7, 11) is 1.61. The second-order valence-corrected chi connectivity index (χ2v) is 6.10. The highest BCUT2D eigenvalue weighted by Crippen LogP contribution is 2.24. The maximum atomic E-state index is 12.3. The van der Waals surface area contributed by atoms with Gasteiger partial charge in [-0.3, -0.25) is 4.79 Å². The minimum Gasteiger partial charge on any atom is -0.497 e. The number of methoxy groups -OCH3 is 1. The van der Waals surface area contributed by atoms with E-state index in [2.05, 4.69) is 5.32 Å². The smallest absolute Gasteiger partial charge is 0.317 e. The predicted octanol–water partition coefficient (Wildman–Crippen LogP) is 2.00. The van der Waals surface area contributed by atoms with Gasteiger partial charge in [-0.2, -0.15) is 0 Å². The molecule has 2 aliphatic heterocycles. The number of anilines is 1. The van der Waals surface area contributed by atoms with Crippen LogP contribution in [0.15, 0.2) is 24.3 Å². The molecule has 0 spiro atoms. The first-order chi connectivity index (χ1) is 11.2. The van der Waals surface area contributed by atoms with Crippen LogP contribution in [0.5, 0.6) is 5.75 Å². The molecule has 2 heterocycles. The highest BCUT2D eigenvalue weighted by atomic mass is 16.5. The fraction of sp³-hybridized carbons (Fsp3) is 0.529. The lowest BCUT2D eigenvalue weighted by Crippen LogP contribution is -2.47. The molecule has 1 aromatic carbocycles. The molecule has 0 aliphatic carbocycles. The Morgan fingerprint density at radius 3 is 2.52 bits per heavy atom. The normalized spacial score (nSPS) is 21.4. The van der Waals surface area contributed by atoms with Gasteiger partial charge >= 0.3 is 6.03 Å². The van der Waals surface area contributed by atoms with Gasteiger partial charge in [0.05, 0.1) is 13.2 Å². The van der Waals surface area contributed by atoms with Gasteiger partial charge in [-0.1, -0.05) is 0 Å². The molecule has 3 amide bonds. The highest BCUT2D eigenvalue weighted by Gasteiger charge is 2.32. The van der Waals surface area contributed by atoms with E-state index in [-0.39, 0.29) is 18.0 Å². The summed E-state index contributed by atoms with van der Waals surface area (Å²) < 4.78 is 5.13. The molecule has 0 unspecified atom stereocenters. The van der Waals surface area contributed by atoms with E-state index in [4.69, 9.17) is 4.74 Å². The van der Waals surface area contributed by atoms with E-state index < -0.39 is 0 Å². The average Bonchev–Trinajstić information content (AvgIpc) is 2.96. The quantitative estimate of drug-likeness (QED) is 0.927. The maximum Gasteiger partial charge on any atom is 0.317 e. The Labute approximate surface area is 136 Å². The van der Waals surface area contributed by atoms with Crippen LogP contribution in [-0.2, 0) is 4.79 Å². The summed E-state index contributed by atoms with van der Waals surface area (Å²) in [5.74, 6) is 0.800. The number of nitrogens with zero attached hydrogens (tertiary/aromatic N) is 2. The van der Waals surface area contributed by atoms with Crippen molar-refractivity contribution in [1.29, 1.82) is 0 Å². The van der Waals surface area contributed by atoms with Crippen LogP contribution < -0.4 is 15.0 Å². The van der Waals surface area contributed by atoms with Crippen LogP contribution in [0.1, 0.15) is 25.7 Å². The van der Waals surface area contributed by atoms with Crippen molar-refractivity contribution in [1.82, 2.24) is 10.2 Å². The number of nitrogens with one attached hydrogen (secondary N) is 1. The molecule has 3 rings (SSSR count). The van der Waals surface area contributed by atoms with Crippen molar-refractivity contribution in [3.05, 3.63) is 24.3 Å². The van der Waals surface area contributed by atoms with E-state index in [9.17, 15) is 9.59 Å². The third kappa shape index (κ3) is 3.57. The van der Waals surface area contributed by atoms with Crippen LogP contribution in [0.2, 0.25) is 0 Å². The highest BCUT2D eigenvalue weighted by molar-refractivity contribution is 5.96. The van der Waals surface area contributed by atoms with E-state index in [1.54, 1.807) is 12.0 Å². The Kier molecular flexibility index (Phi) is 4.69. The molecule has 0 radical (unpaired) electrons. The number of hydrogen-bond acceptors (Lipinski definition) is 3. The van der Waals surface area contributed by atoms with Gasteiger partial charge in [0.25, 0.3) is 0 Å². The number of piperidine rings is 1. The molecule has 2 fully saturated rings. The van der Waals surface area contributed by atoms with Gasteiger partial charge in [-0.25, -0.2) is 4.79 Å². The van der Waals surface area contributed by atoms with Crippen LogP contribution >= 0.6 is 0 Å². The number of ether oxygens (including phenoxy) is 1. The van der Waals surface area contributed by atoms with Crippen molar-refractivity contribution in [2.45, 2.75) is 31.7 Å². The summed E-state index contributed by atoms with van der Waals surface area (Å²) >= 11 is 0. The zero-order valence-corrected chi connectivity index (χ0v) is 13.5. The van der Waals surface area contributed by atoms with E-state index in [0.29, 0.717) is 13.0 Å². The standard InChI is InChI=1S/C17H23N3O3/c1-23-15-7-5-14(6-8-15)20-12-13(11-16(20)21)18-17(22)19-9-3-2-4-10-19/h5-8,13H,2-4,9-12H2,1H3,(H,18,22)/t13-/m1/s1. The first-order valence-corrected chi connectivity index (χ1v) is 8.17. The van der Waals surface area contributed by atoms with E-state index in [1.807, 2.05) is 29.2 Å². The number of carbonyl (C=O) groups is 2. The van der Waals surface area contributed by atoms with Crippen LogP contribution in [0.25, 0.3) is 0 Å². The number of amides is 3. The lowest BCUT2D eigenvalue weighted by Gasteiger charge is -2.28. The monoisotopic (exact) mass is 317 g/mol. The topological polar surface area (TPSA) is 61.9 Å². The third-order valence-electron chi connectivity index (χ3n) is 4.48. The van der Waals surface area contributed by atoms with Crippen molar-refractivity contribution < 1.29 is 14.3 Å². The maximum absolute atomic E-state index is 12.3. The first-order valence-electron chi connectivity index (χ1n) is 8.17. The van der Waals surface area contributed by atoms with Crippen LogP contribution in [-0.4, -0.2) is 49.6 Å². The molecular weight excluding hydrogens is 294 g/mol. The van der Waals surface area contributed by atoms with Gasteiger partial charge in [0.1, 0.15) is 5.75 Å². The molecule has 0 bridgehead atoms. The second kappa shape index (κ2) is 6.89. The SMILES string of the molecule is COc1ccc(N2C[C@H](NC(=O)N3CCCCC3)CC2=O)cc1. The van der Waals surface area contributed by atoms with Crippen molar-refractivity contribution in [3.8, 4) is 5.75 Å². The molecule has 0 saturated carbocycles. The minimum atomic E-state index is -0.126. The Balaban J connectivity index is 1.59. The number of benzene rings is 1. The fourth-order valence-corrected chi connectivity index (χ4v) is 3.18. The van der Waals surface area contributed by atoms with Crippen LogP contribution in [0, 0.1) is 0 Å². The van der Waals surface area contributed by atoms with Crippen LogP contribution in [0.4, 0.5) is 10.5 Å². The Morgan fingerprint density at radius 2 is 1.87 bits per heavy atom. The Hall–Kier alpha value is -2.24. The van der Waals surface area contributed by atoms with E-state index >= 15 is 0 Å². The van der Waals surface area contributed by atoms with Gasteiger partial charge in [-0.05, 0) is 43.5 Å². The number of urea groups is 1. The fourth-order valence-electron chi connectivity index (χ4n) is 3.18. The van der Waals surface area contributed by atoms with Gasteiger partial charge in [0, 0.05) is 31.7 Å². The zero-order valence-electron chi connectivity index (χ0n) is 13.5. The van der Waals surface area contributed by atoms with Crippen molar-refractivity contribution in [3.63, 3.8) is 0 Å². The Morgan fingerprint density at radius 1 is 1.17 bits per heavy atom. The van der Waals surface area contributed by atoms with Gasteiger partial charge < -0.3 is 19.9 Å². The molecule has 6 heteroatoms. The molecule has 1 atom stereocenters. The molecule has 1 aromatic rings. The summed E-state index contributed by atoms with van der Waals surface area (Å²) in [4.78, 5) is 28.1. The van der Waals surface area contributed by atoms with E-state index in [0.717, 1.165) is 37.4 Å². The number of rotatable bonds is 3. The van der Waals surface area contributed by atoms with Crippen molar-refractivity contribution in [2.75, 3.05) is 31.6 Å². The number of carbonyl (C=O) groups excluding carboxylic acids is 2. The average molecular weight is 317 g/mol. The minimum absolute atomic E-state index is 0.0408. The second-order valence-electron chi connectivity index (χ2n) is 6.10. The van der Waals surface area contributed by atoms with Gasteiger partial charge in [-0.15, -0.1) is 0 Å². The molecule has 23 heavy (non-hydrogen) atoms. The summed E-state index contributed by atoms with van der Waals surface area (Å²) in [6.45, 7) is 2.15. The summed E-state index contributed by atoms with van der Waals surface area (Å²) in [5, 5.41) is 3.00. The summed E-state index contributed by atoms with van der Waals surface area (Å²) in [6.07, 6.45) is 3.67. The lowest BCUT2D eigenvalue weighted by molar-refractivity contribution is -0.117. The third-order valence-corrected chi connectivity index (χ3v) is 4.48. The number of hydrogen-bond donors (Lipinski definition) is 1. The van der Waals surface area contributed by atoms with Gasteiger partial charge in [0.2, 0.25) is 5.91 Å². The molecule has 2 saturated heterocycles. The zero-order chi connectivity index (χ0) is 16.2. The molecular formula is C17H23N3O3. The molecule has 2 aliphatic rings. The molecule has 124 valence electrons. The first kappa shape index (κ1) is 15.6. The molecule has 1 N–H and O–H groups in total. The molecule has 6 nitrogen and oxygen atoms in total. The Bertz CT molecular complexity index is 567. The predicted molar refractivity (Wildman–Crippen MR) is 87.7 cm³/mol.